The third kappa shape index (κ3) is 4.35. The molecule has 1 fully saturated rings. The minimum absolute atomic E-state index is 0.110. The molecule has 0 spiro atoms. The number of nitrogens with zero attached hydrogens (tertiary/aromatic N) is 1. The van der Waals surface area contributed by atoms with Gasteiger partial charge in [0.05, 0.1) is 0 Å². The van der Waals surface area contributed by atoms with Crippen molar-refractivity contribution in [2.75, 3.05) is 19.7 Å². The SMILES string of the molecule is CC(C)(C)OC(=O)N1CCC(NC(=O)[C@H]2COc3ccccc3O2)C1. The lowest BCUT2D eigenvalue weighted by atomic mass is 10.2. The van der Waals surface area contributed by atoms with Gasteiger partial charge in [-0.3, -0.25) is 4.79 Å². The fourth-order valence-corrected chi connectivity index (χ4v) is 2.81. The highest BCUT2D eigenvalue weighted by Gasteiger charge is 2.33. The first-order valence-corrected chi connectivity index (χ1v) is 8.48. The number of benzene rings is 1. The minimum Gasteiger partial charge on any atom is -0.485 e. The number of ether oxygens (including phenoxy) is 3. The Labute approximate surface area is 147 Å². The fourth-order valence-electron chi connectivity index (χ4n) is 2.81. The van der Waals surface area contributed by atoms with Crippen LogP contribution >= 0.6 is 0 Å². The second-order valence-electron chi connectivity index (χ2n) is 7.28. The summed E-state index contributed by atoms with van der Waals surface area (Å²) in [5.74, 6) is 0.977. The van der Waals surface area contributed by atoms with E-state index in [1.807, 2.05) is 32.9 Å². The van der Waals surface area contributed by atoms with Crippen molar-refractivity contribution in [3.8, 4) is 11.5 Å². The van der Waals surface area contributed by atoms with Crippen molar-refractivity contribution < 1.29 is 23.8 Å². The average Bonchev–Trinajstić information content (AvgIpc) is 3.01. The maximum atomic E-state index is 12.4. The van der Waals surface area contributed by atoms with Gasteiger partial charge in [-0.1, -0.05) is 12.1 Å². The number of para-hydroxylation sites is 2. The molecular formula is C18H24N2O5. The summed E-state index contributed by atoms with van der Waals surface area (Å²) >= 11 is 0. The van der Waals surface area contributed by atoms with Crippen LogP contribution < -0.4 is 14.8 Å². The number of hydrogen-bond donors (Lipinski definition) is 1. The third-order valence-corrected chi connectivity index (χ3v) is 3.99. The van der Waals surface area contributed by atoms with Crippen LogP contribution in [0.2, 0.25) is 0 Å². The van der Waals surface area contributed by atoms with Gasteiger partial charge >= 0.3 is 6.09 Å². The zero-order valence-corrected chi connectivity index (χ0v) is 14.8. The number of carbonyl (C=O) groups excluding carboxylic acids is 2. The van der Waals surface area contributed by atoms with Gasteiger partial charge in [-0.2, -0.15) is 0 Å². The Hall–Kier alpha value is -2.44. The number of carbonyl (C=O) groups is 2. The molecule has 1 unspecified atom stereocenters. The average molecular weight is 348 g/mol. The van der Waals surface area contributed by atoms with Crippen LogP contribution in [0, 0.1) is 0 Å². The van der Waals surface area contributed by atoms with Gasteiger partial charge in [0, 0.05) is 19.1 Å². The van der Waals surface area contributed by atoms with Gasteiger partial charge in [0.2, 0.25) is 6.10 Å². The summed E-state index contributed by atoms with van der Waals surface area (Å²) in [5, 5.41) is 2.93. The van der Waals surface area contributed by atoms with Crippen LogP contribution in [0.25, 0.3) is 0 Å². The van der Waals surface area contributed by atoms with Crippen LogP contribution in [0.3, 0.4) is 0 Å². The smallest absolute Gasteiger partial charge is 0.410 e. The molecular weight excluding hydrogens is 324 g/mol. The fraction of sp³-hybridized carbons (Fsp3) is 0.556. The molecule has 2 atom stereocenters. The zero-order chi connectivity index (χ0) is 18.0. The van der Waals surface area contributed by atoms with E-state index in [-0.39, 0.29) is 24.6 Å². The molecule has 2 aliphatic heterocycles. The summed E-state index contributed by atoms with van der Waals surface area (Å²) in [7, 11) is 0. The summed E-state index contributed by atoms with van der Waals surface area (Å²) < 4.78 is 16.6. The second kappa shape index (κ2) is 6.82. The van der Waals surface area contributed by atoms with E-state index in [1.165, 1.54) is 0 Å². The van der Waals surface area contributed by atoms with Gasteiger partial charge in [0.1, 0.15) is 12.2 Å². The predicted molar refractivity (Wildman–Crippen MR) is 90.7 cm³/mol. The van der Waals surface area contributed by atoms with Gasteiger partial charge in [0.25, 0.3) is 5.91 Å². The van der Waals surface area contributed by atoms with Crippen LogP contribution in [0.1, 0.15) is 27.2 Å². The molecule has 1 aromatic rings. The van der Waals surface area contributed by atoms with E-state index in [1.54, 1.807) is 17.0 Å². The zero-order valence-electron chi connectivity index (χ0n) is 14.8. The molecule has 136 valence electrons. The lowest BCUT2D eigenvalue weighted by Crippen LogP contribution is -2.48. The van der Waals surface area contributed by atoms with E-state index in [4.69, 9.17) is 14.2 Å². The van der Waals surface area contributed by atoms with Crippen LogP contribution in [-0.4, -0.2) is 54.3 Å². The van der Waals surface area contributed by atoms with Gasteiger partial charge in [-0.25, -0.2) is 4.79 Å². The number of nitrogens with one attached hydrogen (secondary N) is 1. The molecule has 3 rings (SSSR count). The van der Waals surface area contributed by atoms with E-state index in [0.29, 0.717) is 31.0 Å². The molecule has 25 heavy (non-hydrogen) atoms. The lowest BCUT2D eigenvalue weighted by molar-refractivity contribution is -0.131. The predicted octanol–water partition coefficient (Wildman–Crippen LogP) is 1.95. The molecule has 2 aliphatic rings. The second-order valence-corrected chi connectivity index (χ2v) is 7.28. The van der Waals surface area contributed by atoms with E-state index in [2.05, 4.69) is 5.32 Å². The Morgan fingerprint density at radius 1 is 1.24 bits per heavy atom. The minimum atomic E-state index is -0.689. The first kappa shape index (κ1) is 17.4. The molecule has 7 heteroatoms. The quantitative estimate of drug-likeness (QED) is 0.884. The molecule has 1 N–H and O–H groups in total. The highest BCUT2D eigenvalue weighted by atomic mass is 16.6. The summed E-state index contributed by atoms with van der Waals surface area (Å²) in [6.07, 6.45) is -0.351. The molecule has 2 amide bonds. The Bertz CT molecular complexity index is 655. The Kier molecular flexibility index (Phi) is 4.74. The highest BCUT2D eigenvalue weighted by molar-refractivity contribution is 5.82. The Balaban J connectivity index is 1.50. The number of hydrogen-bond acceptors (Lipinski definition) is 5. The summed E-state index contributed by atoms with van der Waals surface area (Å²) in [6, 6.07) is 7.15. The molecule has 0 aliphatic carbocycles. The first-order chi connectivity index (χ1) is 11.8. The molecule has 1 saturated heterocycles. The van der Waals surface area contributed by atoms with Crippen molar-refractivity contribution in [2.24, 2.45) is 0 Å². The van der Waals surface area contributed by atoms with E-state index < -0.39 is 11.7 Å². The van der Waals surface area contributed by atoms with Crippen molar-refractivity contribution >= 4 is 12.0 Å². The molecule has 0 aromatic heterocycles. The largest absolute Gasteiger partial charge is 0.485 e. The molecule has 1 aromatic carbocycles. The van der Waals surface area contributed by atoms with Gasteiger partial charge in [-0.05, 0) is 39.3 Å². The van der Waals surface area contributed by atoms with Gasteiger partial charge < -0.3 is 24.4 Å². The number of likely N-dealkylation sites (tertiary alicyclic amines) is 1. The molecule has 0 radical (unpaired) electrons. The molecule has 0 bridgehead atoms. The number of rotatable bonds is 2. The molecule has 0 saturated carbocycles. The topological polar surface area (TPSA) is 77.1 Å². The van der Waals surface area contributed by atoms with Crippen LogP contribution in [0.5, 0.6) is 11.5 Å². The molecule has 2 heterocycles. The third-order valence-electron chi connectivity index (χ3n) is 3.99. The van der Waals surface area contributed by atoms with Crippen LogP contribution in [-0.2, 0) is 9.53 Å². The monoisotopic (exact) mass is 348 g/mol. The van der Waals surface area contributed by atoms with Crippen molar-refractivity contribution in [1.29, 1.82) is 0 Å². The maximum absolute atomic E-state index is 12.4. The Morgan fingerprint density at radius 3 is 2.68 bits per heavy atom. The van der Waals surface area contributed by atoms with Crippen LogP contribution in [0.4, 0.5) is 4.79 Å². The maximum Gasteiger partial charge on any atom is 0.410 e. The first-order valence-electron chi connectivity index (χ1n) is 8.48. The summed E-state index contributed by atoms with van der Waals surface area (Å²) in [4.78, 5) is 26.1. The highest BCUT2D eigenvalue weighted by Crippen LogP contribution is 2.31. The van der Waals surface area contributed by atoms with Crippen molar-refractivity contribution in [1.82, 2.24) is 10.2 Å². The summed E-state index contributed by atoms with van der Waals surface area (Å²) in [5.41, 5.74) is -0.529. The van der Waals surface area contributed by atoms with Crippen molar-refractivity contribution in [3.05, 3.63) is 24.3 Å². The van der Waals surface area contributed by atoms with Gasteiger partial charge in [-0.15, -0.1) is 0 Å². The van der Waals surface area contributed by atoms with Crippen LogP contribution in [0.15, 0.2) is 24.3 Å². The van der Waals surface area contributed by atoms with E-state index >= 15 is 0 Å². The van der Waals surface area contributed by atoms with E-state index in [9.17, 15) is 9.59 Å². The number of amides is 2. The van der Waals surface area contributed by atoms with E-state index in [0.717, 1.165) is 0 Å². The normalized spacial score (nSPS) is 22.4. The van der Waals surface area contributed by atoms with Crippen molar-refractivity contribution in [3.63, 3.8) is 0 Å². The Morgan fingerprint density at radius 2 is 1.96 bits per heavy atom. The van der Waals surface area contributed by atoms with Gasteiger partial charge in [0.15, 0.2) is 11.5 Å². The summed E-state index contributed by atoms with van der Waals surface area (Å²) in [6.45, 7) is 6.66. The number of fused-ring (bicyclic) bond motifs is 1. The van der Waals surface area contributed by atoms with Crippen molar-refractivity contribution in [2.45, 2.75) is 44.9 Å². The molecule has 7 nitrogen and oxygen atoms in total. The lowest BCUT2D eigenvalue weighted by Gasteiger charge is -2.27. The standard InChI is InChI=1S/C18H24N2O5/c1-18(2,3)25-17(22)20-9-8-12(10-20)19-16(21)15-11-23-13-6-4-5-7-14(13)24-15/h4-7,12,15H,8-11H2,1-3H3,(H,19,21)/t12?,15-/m1/s1.